The lowest BCUT2D eigenvalue weighted by Crippen LogP contribution is -2.30. The fourth-order valence-corrected chi connectivity index (χ4v) is 4.26. The summed E-state index contributed by atoms with van der Waals surface area (Å²) in [6, 6.07) is 9.93. The van der Waals surface area contributed by atoms with Gasteiger partial charge in [-0.3, -0.25) is 0 Å². The number of thiazole rings is 1. The van der Waals surface area contributed by atoms with Gasteiger partial charge < -0.3 is 15.4 Å². The zero-order valence-corrected chi connectivity index (χ0v) is 15.5. The van der Waals surface area contributed by atoms with Crippen LogP contribution < -0.4 is 15.4 Å². The molecule has 1 aliphatic rings. The fraction of sp³-hybridized carbons (Fsp3) is 0.222. The van der Waals surface area contributed by atoms with Crippen LogP contribution in [-0.2, 0) is 13.0 Å². The summed E-state index contributed by atoms with van der Waals surface area (Å²) in [5, 5.41) is 13.6. The Morgan fingerprint density at radius 2 is 2.07 bits per heavy atom. The molecule has 0 unspecified atom stereocenters. The highest BCUT2D eigenvalue weighted by Gasteiger charge is 2.23. The third-order valence-corrected chi connectivity index (χ3v) is 5.63. The number of benzene rings is 1. The zero-order valence-electron chi connectivity index (χ0n) is 14.7. The van der Waals surface area contributed by atoms with Gasteiger partial charge in [0.2, 0.25) is 5.65 Å². The number of nitrogens with two attached hydrogens (primary N) is 1. The molecule has 3 aromatic heterocycles. The van der Waals surface area contributed by atoms with Gasteiger partial charge in [-0.05, 0) is 30.3 Å². The van der Waals surface area contributed by atoms with Crippen molar-refractivity contribution < 1.29 is 4.74 Å². The van der Waals surface area contributed by atoms with Gasteiger partial charge >= 0.3 is 0 Å². The Hall–Kier alpha value is -3.20. The summed E-state index contributed by atoms with van der Waals surface area (Å²) in [5.74, 6) is 0.815. The molecule has 0 saturated carbocycles. The predicted octanol–water partition coefficient (Wildman–Crippen LogP) is 2.40. The van der Waals surface area contributed by atoms with Crippen molar-refractivity contribution in [3.63, 3.8) is 0 Å². The summed E-state index contributed by atoms with van der Waals surface area (Å²) in [6.07, 6.45) is 2.50. The molecule has 0 bridgehead atoms. The van der Waals surface area contributed by atoms with E-state index in [-0.39, 0.29) is 0 Å². The van der Waals surface area contributed by atoms with Crippen LogP contribution in [0.2, 0.25) is 0 Å². The van der Waals surface area contributed by atoms with E-state index in [2.05, 4.69) is 31.2 Å². The molecule has 0 radical (unpaired) electrons. The Morgan fingerprint density at radius 3 is 2.89 bits per heavy atom. The lowest BCUT2D eigenvalue weighted by Gasteiger charge is -2.28. The lowest BCUT2D eigenvalue weighted by molar-refractivity contribution is 0.415. The van der Waals surface area contributed by atoms with Gasteiger partial charge in [0.1, 0.15) is 12.1 Å². The number of hydrogen-bond acceptors (Lipinski definition) is 8. The molecule has 4 heterocycles. The van der Waals surface area contributed by atoms with Crippen LogP contribution in [0.3, 0.4) is 0 Å². The standard InChI is InChI=1S/C18H17N7OS/c1-26-12-4-2-11(3-5-12)14-8-15(17-22-20-10-25(17)23-14)24-7-6-13-16(9-24)27-18(19)21-13/h2-5,8,10H,6-7,9H2,1H3,(H2,19,21). The molecule has 0 atom stereocenters. The van der Waals surface area contributed by atoms with Gasteiger partial charge in [0.25, 0.3) is 0 Å². The highest BCUT2D eigenvalue weighted by molar-refractivity contribution is 7.15. The molecule has 0 fully saturated rings. The summed E-state index contributed by atoms with van der Waals surface area (Å²) < 4.78 is 6.98. The molecule has 0 spiro atoms. The second-order valence-electron chi connectivity index (χ2n) is 6.34. The number of aromatic nitrogens is 5. The number of rotatable bonds is 3. The van der Waals surface area contributed by atoms with Crippen molar-refractivity contribution in [2.24, 2.45) is 0 Å². The van der Waals surface area contributed by atoms with Gasteiger partial charge in [0.15, 0.2) is 5.13 Å². The van der Waals surface area contributed by atoms with Crippen LogP contribution in [-0.4, -0.2) is 38.4 Å². The fourth-order valence-electron chi connectivity index (χ4n) is 3.37. The first-order valence-corrected chi connectivity index (χ1v) is 9.37. The second kappa shape index (κ2) is 6.20. The number of methoxy groups -OCH3 is 1. The number of nitrogen functional groups attached to an aromatic ring is 1. The monoisotopic (exact) mass is 379 g/mol. The second-order valence-corrected chi connectivity index (χ2v) is 7.45. The van der Waals surface area contributed by atoms with Crippen molar-refractivity contribution in [2.45, 2.75) is 13.0 Å². The first kappa shape index (κ1) is 16.0. The van der Waals surface area contributed by atoms with Crippen LogP contribution in [0.25, 0.3) is 16.9 Å². The largest absolute Gasteiger partial charge is 0.497 e. The minimum absolute atomic E-state index is 0.628. The molecule has 27 heavy (non-hydrogen) atoms. The quantitative estimate of drug-likeness (QED) is 0.584. The maximum absolute atomic E-state index is 5.88. The Kier molecular flexibility index (Phi) is 3.68. The highest BCUT2D eigenvalue weighted by Crippen LogP contribution is 2.33. The van der Waals surface area contributed by atoms with Crippen LogP contribution in [0, 0.1) is 0 Å². The maximum atomic E-state index is 5.88. The van der Waals surface area contributed by atoms with E-state index in [4.69, 9.17) is 10.5 Å². The van der Waals surface area contributed by atoms with E-state index in [1.54, 1.807) is 29.3 Å². The molecule has 0 aliphatic carbocycles. The average Bonchev–Trinajstić information content (AvgIpc) is 3.31. The van der Waals surface area contributed by atoms with Gasteiger partial charge in [-0.25, -0.2) is 4.98 Å². The van der Waals surface area contributed by atoms with E-state index < -0.39 is 0 Å². The van der Waals surface area contributed by atoms with Gasteiger partial charge in [0.05, 0.1) is 30.7 Å². The molecule has 4 aromatic rings. The average molecular weight is 379 g/mol. The summed E-state index contributed by atoms with van der Waals surface area (Å²) in [6.45, 7) is 1.61. The first-order chi connectivity index (χ1) is 13.2. The van der Waals surface area contributed by atoms with Crippen LogP contribution in [0.15, 0.2) is 36.7 Å². The van der Waals surface area contributed by atoms with E-state index in [1.165, 1.54) is 4.88 Å². The normalized spacial score (nSPS) is 13.7. The van der Waals surface area contributed by atoms with Crippen molar-refractivity contribution in [1.29, 1.82) is 0 Å². The SMILES string of the molecule is COc1ccc(-c2cc(N3CCc4nc(N)sc4C3)c3nncn3n2)cc1. The van der Waals surface area contributed by atoms with Crippen LogP contribution in [0.5, 0.6) is 5.75 Å². The number of fused-ring (bicyclic) bond motifs is 2. The van der Waals surface area contributed by atoms with Crippen molar-refractivity contribution in [3.05, 3.63) is 47.2 Å². The smallest absolute Gasteiger partial charge is 0.200 e. The molecule has 8 nitrogen and oxygen atoms in total. The van der Waals surface area contributed by atoms with E-state index in [1.807, 2.05) is 24.3 Å². The van der Waals surface area contributed by atoms with Gasteiger partial charge in [-0.15, -0.1) is 21.5 Å². The van der Waals surface area contributed by atoms with Crippen LogP contribution in [0.4, 0.5) is 10.8 Å². The number of hydrogen-bond donors (Lipinski definition) is 1. The summed E-state index contributed by atoms with van der Waals surface area (Å²) in [4.78, 5) is 7.92. The molecule has 9 heteroatoms. The number of ether oxygens (including phenoxy) is 1. The Morgan fingerprint density at radius 1 is 1.22 bits per heavy atom. The molecule has 136 valence electrons. The highest BCUT2D eigenvalue weighted by atomic mass is 32.1. The lowest BCUT2D eigenvalue weighted by atomic mass is 10.1. The Balaban J connectivity index is 1.58. The minimum Gasteiger partial charge on any atom is -0.497 e. The topological polar surface area (TPSA) is 94.5 Å². The first-order valence-electron chi connectivity index (χ1n) is 8.56. The van der Waals surface area contributed by atoms with Gasteiger partial charge in [-0.1, -0.05) is 0 Å². The van der Waals surface area contributed by atoms with Crippen molar-refractivity contribution in [3.8, 4) is 17.0 Å². The van der Waals surface area contributed by atoms with Crippen LogP contribution >= 0.6 is 11.3 Å². The third-order valence-electron chi connectivity index (χ3n) is 4.72. The van der Waals surface area contributed by atoms with Crippen molar-refractivity contribution >= 4 is 27.8 Å². The van der Waals surface area contributed by atoms with Gasteiger partial charge in [0, 0.05) is 23.4 Å². The van der Waals surface area contributed by atoms with Gasteiger partial charge in [-0.2, -0.15) is 9.61 Å². The Labute approximate surface area is 159 Å². The summed E-state index contributed by atoms with van der Waals surface area (Å²) in [5.41, 5.74) is 10.6. The van der Waals surface area contributed by atoms with E-state index in [0.717, 1.165) is 53.5 Å². The molecule has 0 amide bonds. The molecular weight excluding hydrogens is 362 g/mol. The maximum Gasteiger partial charge on any atom is 0.200 e. The Bertz CT molecular complexity index is 1120. The summed E-state index contributed by atoms with van der Waals surface area (Å²) >= 11 is 1.55. The zero-order chi connectivity index (χ0) is 18.4. The molecular formula is C18H17N7OS. The van der Waals surface area contributed by atoms with Crippen LogP contribution in [0.1, 0.15) is 10.6 Å². The summed E-state index contributed by atoms with van der Waals surface area (Å²) in [7, 11) is 1.66. The molecule has 2 N–H and O–H groups in total. The predicted molar refractivity (Wildman–Crippen MR) is 104 cm³/mol. The third kappa shape index (κ3) is 2.76. The minimum atomic E-state index is 0.628. The molecule has 5 rings (SSSR count). The van der Waals surface area contributed by atoms with E-state index in [0.29, 0.717) is 5.13 Å². The van der Waals surface area contributed by atoms with E-state index in [9.17, 15) is 0 Å². The number of anilines is 2. The number of nitrogens with zero attached hydrogens (tertiary/aromatic N) is 6. The van der Waals surface area contributed by atoms with E-state index >= 15 is 0 Å². The van der Waals surface area contributed by atoms with Crippen molar-refractivity contribution in [2.75, 3.05) is 24.3 Å². The molecule has 0 saturated heterocycles. The molecule has 1 aromatic carbocycles. The van der Waals surface area contributed by atoms with Crippen molar-refractivity contribution in [1.82, 2.24) is 24.8 Å². The molecule has 1 aliphatic heterocycles.